The number of hydrogen-bond donors (Lipinski definition) is 1. The van der Waals surface area contributed by atoms with E-state index in [1.807, 2.05) is 6.07 Å². The van der Waals surface area contributed by atoms with Gasteiger partial charge in [0.05, 0.1) is 29.8 Å². The van der Waals surface area contributed by atoms with Gasteiger partial charge in [-0.1, -0.05) is 12.1 Å². The molecule has 1 atom stereocenters. The molecule has 0 unspecified atom stereocenters. The fraction of sp³-hybridized carbons (Fsp3) is 0.409. The predicted octanol–water partition coefficient (Wildman–Crippen LogP) is 3.30. The van der Waals surface area contributed by atoms with Gasteiger partial charge < -0.3 is 14.8 Å². The number of carbonyl (C=O) groups is 1. The second-order valence-electron chi connectivity index (χ2n) is 8.00. The van der Waals surface area contributed by atoms with Crippen molar-refractivity contribution < 1.29 is 35.9 Å². The summed E-state index contributed by atoms with van der Waals surface area (Å²) in [4.78, 5) is 11.1. The number of nitrogens with zero attached hydrogens (tertiary/aromatic N) is 1. The Labute approximate surface area is 189 Å². The van der Waals surface area contributed by atoms with Crippen molar-refractivity contribution in [2.75, 3.05) is 31.0 Å². The summed E-state index contributed by atoms with van der Waals surface area (Å²) in [5.74, 6) is 0.0395. The third-order valence-corrected chi connectivity index (χ3v) is 7.59. The lowest BCUT2D eigenvalue weighted by molar-refractivity contribution is -0.141. The number of fused-ring (bicyclic) bond motifs is 1. The van der Waals surface area contributed by atoms with Crippen molar-refractivity contribution in [3.05, 3.63) is 53.6 Å². The number of ether oxygens (including phenoxy) is 2. The number of alkyl halides is 3. The standard InChI is InChI=1S/C22H23F3N2O5S/c1-31-21(28)8-6-17-13-27(19-9-14(15-11-26-12-15)5-7-20(19)32-17)33(29,30)18-4-2-3-16(10-18)22(23,24)25/h2-5,7,9-10,15,17,26H,6,8,11-13H2,1H3/t17-/m0/s1. The number of halogens is 3. The van der Waals surface area contributed by atoms with Crippen LogP contribution in [0.3, 0.4) is 0 Å². The van der Waals surface area contributed by atoms with Crippen molar-refractivity contribution in [3.63, 3.8) is 0 Å². The summed E-state index contributed by atoms with van der Waals surface area (Å²) in [5.41, 5.74) is 0.132. The van der Waals surface area contributed by atoms with E-state index in [1.165, 1.54) is 7.11 Å². The number of anilines is 1. The van der Waals surface area contributed by atoms with Crippen molar-refractivity contribution in [2.24, 2.45) is 0 Å². The van der Waals surface area contributed by atoms with E-state index >= 15 is 0 Å². The normalized spacial score (nSPS) is 18.8. The van der Waals surface area contributed by atoms with Crippen LogP contribution in [0.4, 0.5) is 18.9 Å². The quantitative estimate of drug-likeness (QED) is 0.634. The fourth-order valence-electron chi connectivity index (χ4n) is 3.83. The van der Waals surface area contributed by atoms with E-state index in [-0.39, 0.29) is 31.0 Å². The Morgan fingerprint density at radius 3 is 2.61 bits per heavy atom. The van der Waals surface area contributed by atoms with Crippen LogP contribution >= 0.6 is 0 Å². The van der Waals surface area contributed by atoms with E-state index in [1.54, 1.807) is 12.1 Å². The zero-order valence-electron chi connectivity index (χ0n) is 17.8. The molecule has 0 radical (unpaired) electrons. The second kappa shape index (κ2) is 8.86. The summed E-state index contributed by atoms with van der Waals surface area (Å²) < 4.78 is 78.4. The molecule has 1 fully saturated rings. The van der Waals surface area contributed by atoms with Crippen LogP contribution in [0.5, 0.6) is 5.75 Å². The summed E-state index contributed by atoms with van der Waals surface area (Å²) >= 11 is 0. The first-order valence-electron chi connectivity index (χ1n) is 10.4. The Hall–Kier alpha value is -2.79. The first kappa shape index (κ1) is 23.4. The van der Waals surface area contributed by atoms with E-state index in [9.17, 15) is 26.4 Å². The monoisotopic (exact) mass is 484 g/mol. The SMILES string of the molecule is COC(=O)CC[C@H]1CN(S(=O)(=O)c2cccc(C(F)(F)F)c2)c2cc(C3CNC3)ccc2O1. The van der Waals surface area contributed by atoms with E-state index < -0.39 is 38.7 Å². The van der Waals surface area contributed by atoms with Gasteiger partial charge >= 0.3 is 12.1 Å². The van der Waals surface area contributed by atoms with Crippen molar-refractivity contribution >= 4 is 21.7 Å². The maximum absolute atomic E-state index is 13.5. The molecule has 0 spiro atoms. The highest BCUT2D eigenvalue weighted by Crippen LogP contribution is 2.41. The Bertz CT molecular complexity index is 1150. The van der Waals surface area contributed by atoms with Crippen LogP contribution in [-0.2, 0) is 25.7 Å². The minimum Gasteiger partial charge on any atom is -0.486 e. The average Bonchev–Trinajstić information content (AvgIpc) is 2.75. The molecule has 0 saturated carbocycles. The van der Waals surface area contributed by atoms with Crippen LogP contribution in [0.1, 0.15) is 29.9 Å². The van der Waals surface area contributed by atoms with Crippen molar-refractivity contribution in [2.45, 2.75) is 35.9 Å². The number of hydrogen-bond acceptors (Lipinski definition) is 6. The molecule has 0 aromatic heterocycles. The third-order valence-electron chi connectivity index (χ3n) is 5.82. The lowest BCUT2D eigenvalue weighted by atomic mass is 9.93. The number of benzene rings is 2. The second-order valence-corrected chi connectivity index (χ2v) is 9.86. The molecule has 1 N–H and O–H groups in total. The Balaban J connectivity index is 1.73. The van der Waals surface area contributed by atoms with E-state index in [0.29, 0.717) is 11.8 Å². The summed E-state index contributed by atoms with van der Waals surface area (Å²) in [6.07, 6.45) is -5.15. The lowest BCUT2D eigenvalue weighted by Crippen LogP contribution is -2.44. The van der Waals surface area contributed by atoms with E-state index in [0.717, 1.165) is 41.2 Å². The number of methoxy groups -OCH3 is 1. The molecule has 1 saturated heterocycles. The van der Waals surface area contributed by atoms with Gasteiger partial charge in [-0.3, -0.25) is 9.10 Å². The van der Waals surface area contributed by atoms with Crippen molar-refractivity contribution in [3.8, 4) is 5.75 Å². The van der Waals surface area contributed by atoms with Crippen LogP contribution in [0, 0.1) is 0 Å². The van der Waals surface area contributed by atoms with E-state index in [4.69, 9.17) is 4.74 Å². The molecule has 4 rings (SSSR count). The highest BCUT2D eigenvalue weighted by atomic mass is 32.2. The van der Waals surface area contributed by atoms with Gasteiger partial charge in [-0.25, -0.2) is 8.42 Å². The van der Waals surface area contributed by atoms with Crippen molar-refractivity contribution in [1.82, 2.24) is 5.32 Å². The molecule has 33 heavy (non-hydrogen) atoms. The third kappa shape index (κ3) is 4.79. The number of nitrogens with one attached hydrogen (secondary N) is 1. The minimum atomic E-state index is -4.68. The van der Waals surface area contributed by atoms with E-state index in [2.05, 4.69) is 10.1 Å². The van der Waals surface area contributed by atoms with Gasteiger partial charge in [0.25, 0.3) is 10.0 Å². The van der Waals surface area contributed by atoms with Crippen LogP contribution in [-0.4, -0.2) is 47.2 Å². The van der Waals surface area contributed by atoms with Gasteiger partial charge in [-0.2, -0.15) is 13.2 Å². The molecule has 0 amide bonds. The van der Waals surface area contributed by atoms with Crippen molar-refractivity contribution in [1.29, 1.82) is 0 Å². The Kier molecular flexibility index (Phi) is 6.28. The van der Waals surface area contributed by atoms with Crippen LogP contribution in [0.15, 0.2) is 47.4 Å². The summed E-state index contributed by atoms with van der Waals surface area (Å²) in [7, 11) is -3.09. The van der Waals surface area contributed by atoms with Crippen LogP contribution in [0.25, 0.3) is 0 Å². The largest absolute Gasteiger partial charge is 0.486 e. The molecule has 178 valence electrons. The Morgan fingerprint density at radius 1 is 1.21 bits per heavy atom. The van der Waals surface area contributed by atoms with Gasteiger partial charge in [0.2, 0.25) is 0 Å². The molecule has 2 aliphatic heterocycles. The fourth-order valence-corrected chi connectivity index (χ4v) is 5.37. The van der Waals surface area contributed by atoms with Crippen LogP contribution in [0.2, 0.25) is 0 Å². The lowest BCUT2D eigenvalue weighted by Gasteiger charge is -2.37. The van der Waals surface area contributed by atoms with Gasteiger partial charge in [0, 0.05) is 25.4 Å². The molecule has 7 nitrogen and oxygen atoms in total. The Morgan fingerprint density at radius 2 is 1.97 bits per heavy atom. The number of rotatable bonds is 6. The number of esters is 1. The molecule has 2 aliphatic rings. The predicted molar refractivity (Wildman–Crippen MR) is 114 cm³/mol. The van der Waals surface area contributed by atoms with Crippen LogP contribution < -0.4 is 14.4 Å². The maximum Gasteiger partial charge on any atom is 0.416 e. The molecule has 2 heterocycles. The highest BCUT2D eigenvalue weighted by Gasteiger charge is 2.37. The average molecular weight is 484 g/mol. The highest BCUT2D eigenvalue weighted by molar-refractivity contribution is 7.92. The van der Waals surface area contributed by atoms with Gasteiger partial charge in [0.1, 0.15) is 11.9 Å². The number of carbonyl (C=O) groups excluding carboxylic acids is 1. The zero-order valence-corrected chi connectivity index (χ0v) is 18.6. The van der Waals surface area contributed by atoms with Gasteiger partial charge in [0.15, 0.2) is 0 Å². The molecule has 11 heteroatoms. The molecule has 0 aliphatic carbocycles. The van der Waals surface area contributed by atoms with Gasteiger partial charge in [-0.15, -0.1) is 0 Å². The summed E-state index contributed by atoms with van der Waals surface area (Å²) in [5, 5.41) is 3.15. The molecular formula is C22H23F3N2O5S. The first-order chi connectivity index (χ1) is 15.6. The zero-order chi connectivity index (χ0) is 23.8. The molecular weight excluding hydrogens is 461 g/mol. The summed E-state index contributed by atoms with van der Waals surface area (Å²) in [6, 6.07) is 8.90. The number of sulfonamides is 1. The summed E-state index contributed by atoms with van der Waals surface area (Å²) in [6.45, 7) is 1.36. The molecule has 0 bridgehead atoms. The smallest absolute Gasteiger partial charge is 0.416 e. The topological polar surface area (TPSA) is 84.9 Å². The maximum atomic E-state index is 13.5. The minimum absolute atomic E-state index is 0.0137. The molecule has 2 aromatic carbocycles. The first-order valence-corrected chi connectivity index (χ1v) is 11.8. The molecule has 2 aromatic rings. The van der Waals surface area contributed by atoms with Gasteiger partial charge in [-0.05, 0) is 42.3 Å².